The van der Waals surface area contributed by atoms with Gasteiger partial charge in [0.1, 0.15) is 0 Å². The van der Waals surface area contributed by atoms with Gasteiger partial charge in [0.15, 0.2) is 0 Å². The molecule has 14 heavy (non-hydrogen) atoms. The van der Waals surface area contributed by atoms with Gasteiger partial charge in [0.25, 0.3) is 0 Å². The monoisotopic (exact) mass is 202 g/mol. The minimum atomic E-state index is 0.680. The van der Waals surface area contributed by atoms with Crippen LogP contribution in [0.5, 0.6) is 0 Å². The Morgan fingerprint density at radius 3 is 2.57 bits per heavy atom. The largest absolute Gasteiger partial charge is 0.255 e. The molecule has 2 heterocycles. The van der Waals surface area contributed by atoms with Gasteiger partial charge < -0.3 is 0 Å². The fourth-order valence-electron chi connectivity index (χ4n) is 1.30. The Hall–Kier alpha value is -1.35. The van der Waals surface area contributed by atoms with Crippen molar-refractivity contribution in [1.29, 1.82) is 0 Å². The van der Waals surface area contributed by atoms with Crippen LogP contribution >= 0.6 is 12.6 Å². The van der Waals surface area contributed by atoms with E-state index in [1.54, 1.807) is 12.4 Å². The van der Waals surface area contributed by atoms with E-state index < -0.39 is 0 Å². The molecule has 0 amide bonds. The van der Waals surface area contributed by atoms with Gasteiger partial charge in [-0.2, -0.15) is 12.6 Å². The second kappa shape index (κ2) is 4.24. The van der Waals surface area contributed by atoms with Crippen LogP contribution in [0.2, 0.25) is 0 Å². The summed E-state index contributed by atoms with van der Waals surface area (Å²) in [5.41, 5.74) is 2.93. The van der Waals surface area contributed by atoms with Crippen molar-refractivity contribution in [1.82, 2.24) is 9.97 Å². The number of thiol groups is 1. The van der Waals surface area contributed by atoms with Gasteiger partial charge >= 0.3 is 0 Å². The van der Waals surface area contributed by atoms with E-state index in [1.165, 1.54) is 0 Å². The van der Waals surface area contributed by atoms with Crippen molar-refractivity contribution in [2.45, 2.75) is 5.75 Å². The maximum Gasteiger partial charge on any atom is 0.0926 e. The highest BCUT2D eigenvalue weighted by molar-refractivity contribution is 7.79. The van der Waals surface area contributed by atoms with Crippen molar-refractivity contribution in [3.8, 4) is 11.4 Å². The first-order valence-electron chi connectivity index (χ1n) is 4.38. The first kappa shape index (κ1) is 9.21. The normalized spacial score (nSPS) is 10.1. The molecule has 0 unspecified atom stereocenters. The maximum absolute atomic E-state index is 4.31. The third kappa shape index (κ3) is 1.77. The molecule has 0 saturated heterocycles. The Labute approximate surface area is 88.4 Å². The lowest BCUT2D eigenvalue weighted by Crippen LogP contribution is -1.91. The Kier molecular flexibility index (Phi) is 2.79. The van der Waals surface area contributed by atoms with E-state index in [0.717, 1.165) is 17.0 Å². The standard InChI is InChI=1S/C11H10N2S/c14-8-9-4-3-7-13-11(9)10-5-1-2-6-12-10/h1-7,14H,8H2. The molecule has 70 valence electrons. The van der Waals surface area contributed by atoms with Crippen LogP contribution in [0.25, 0.3) is 11.4 Å². The Balaban J connectivity index is 2.51. The van der Waals surface area contributed by atoms with Crippen LogP contribution in [0.1, 0.15) is 5.56 Å². The van der Waals surface area contributed by atoms with Crippen molar-refractivity contribution in [2.24, 2.45) is 0 Å². The minimum absolute atomic E-state index is 0.680. The SMILES string of the molecule is SCc1cccnc1-c1ccccn1. The van der Waals surface area contributed by atoms with Gasteiger partial charge in [-0.1, -0.05) is 12.1 Å². The zero-order valence-corrected chi connectivity index (χ0v) is 8.48. The molecule has 0 saturated carbocycles. The molecular formula is C11H10N2S. The van der Waals surface area contributed by atoms with Gasteiger partial charge in [-0.15, -0.1) is 0 Å². The van der Waals surface area contributed by atoms with Gasteiger partial charge in [-0.05, 0) is 23.8 Å². The van der Waals surface area contributed by atoms with Crippen molar-refractivity contribution < 1.29 is 0 Å². The maximum atomic E-state index is 4.31. The number of pyridine rings is 2. The van der Waals surface area contributed by atoms with Crippen LogP contribution < -0.4 is 0 Å². The summed E-state index contributed by atoms with van der Waals surface area (Å²) in [6, 6.07) is 9.74. The van der Waals surface area contributed by atoms with E-state index in [1.807, 2.05) is 30.3 Å². The van der Waals surface area contributed by atoms with Crippen LogP contribution in [0, 0.1) is 0 Å². The molecule has 0 bridgehead atoms. The van der Waals surface area contributed by atoms with Crippen molar-refractivity contribution in [3.05, 3.63) is 48.3 Å². The summed E-state index contributed by atoms with van der Waals surface area (Å²) in [4.78, 5) is 8.57. The van der Waals surface area contributed by atoms with Crippen LogP contribution in [0.15, 0.2) is 42.7 Å². The van der Waals surface area contributed by atoms with Crippen LogP contribution in [-0.2, 0) is 5.75 Å². The van der Waals surface area contributed by atoms with E-state index >= 15 is 0 Å². The molecule has 0 aliphatic heterocycles. The molecule has 0 N–H and O–H groups in total. The molecule has 2 rings (SSSR count). The zero-order valence-electron chi connectivity index (χ0n) is 7.59. The predicted molar refractivity (Wildman–Crippen MR) is 60.2 cm³/mol. The number of aromatic nitrogens is 2. The van der Waals surface area contributed by atoms with Gasteiger partial charge in [-0.25, -0.2) is 0 Å². The van der Waals surface area contributed by atoms with E-state index in [2.05, 4.69) is 22.6 Å². The topological polar surface area (TPSA) is 25.8 Å². The lowest BCUT2D eigenvalue weighted by molar-refractivity contribution is 1.21. The van der Waals surface area contributed by atoms with Crippen LogP contribution in [-0.4, -0.2) is 9.97 Å². The second-order valence-electron chi connectivity index (χ2n) is 2.88. The number of hydrogen-bond acceptors (Lipinski definition) is 3. The molecule has 0 aliphatic carbocycles. The number of nitrogens with zero attached hydrogens (tertiary/aromatic N) is 2. The molecule has 0 aliphatic rings. The van der Waals surface area contributed by atoms with E-state index in [4.69, 9.17) is 0 Å². The van der Waals surface area contributed by atoms with Gasteiger partial charge in [0, 0.05) is 18.1 Å². The predicted octanol–water partition coefficient (Wildman–Crippen LogP) is 2.57. The van der Waals surface area contributed by atoms with E-state index in [0.29, 0.717) is 5.75 Å². The van der Waals surface area contributed by atoms with Gasteiger partial charge in [0.2, 0.25) is 0 Å². The molecule has 3 heteroatoms. The minimum Gasteiger partial charge on any atom is -0.255 e. The molecule has 0 atom stereocenters. The summed E-state index contributed by atoms with van der Waals surface area (Å²) in [5, 5.41) is 0. The average molecular weight is 202 g/mol. The third-order valence-corrected chi connectivity index (χ3v) is 2.31. The Morgan fingerprint density at radius 1 is 1.00 bits per heavy atom. The van der Waals surface area contributed by atoms with Crippen molar-refractivity contribution in [3.63, 3.8) is 0 Å². The van der Waals surface area contributed by atoms with Crippen molar-refractivity contribution >= 4 is 12.6 Å². The Morgan fingerprint density at radius 2 is 1.86 bits per heavy atom. The zero-order chi connectivity index (χ0) is 9.80. The lowest BCUT2D eigenvalue weighted by atomic mass is 10.1. The lowest BCUT2D eigenvalue weighted by Gasteiger charge is -2.04. The first-order chi connectivity index (χ1) is 6.92. The number of rotatable bonds is 2. The fourth-order valence-corrected chi connectivity index (χ4v) is 1.55. The molecular weight excluding hydrogens is 192 g/mol. The molecule has 2 nitrogen and oxygen atoms in total. The summed E-state index contributed by atoms with van der Waals surface area (Å²) in [5.74, 6) is 0.680. The highest BCUT2D eigenvalue weighted by Gasteiger charge is 2.04. The number of hydrogen-bond donors (Lipinski definition) is 1. The summed E-state index contributed by atoms with van der Waals surface area (Å²) < 4.78 is 0. The van der Waals surface area contributed by atoms with Gasteiger partial charge in [-0.3, -0.25) is 9.97 Å². The summed E-state index contributed by atoms with van der Waals surface area (Å²) in [6.45, 7) is 0. The van der Waals surface area contributed by atoms with E-state index in [-0.39, 0.29) is 0 Å². The molecule has 0 spiro atoms. The van der Waals surface area contributed by atoms with Crippen molar-refractivity contribution in [2.75, 3.05) is 0 Å². The highest BCUT2D eigenvalue weighted by atomic mass is 32.1. The van der Waals surface area contributed by atoms with Gasteiger partial charge in [0.05, 0.1) is 11.4 Å². The highest BCUT2D eigenvalue weighted by Crippen LogP contribution is 2.19. The second-order valence-corrected chi connectivity index (χ2v) is 3.20. The quantitative estimate of drug-likeness (QED) is 0.757. The van der Waals surface area contributed by atoms with E-state index in [9.17, 15) is 0 Å². The smallest absolute Gasteiger partial charge is 0.0926 e. The van der Waals surface area contributed by atoms with Crippen LogP contribution in [0.3, 0.4) is 0 Å². The molecule has 2 aromatic heterocycles. The molecule has 0 fully saturated rings. The average Bonchev–Trinajstić information content (AvgIpc) is 2.30. The van der Waals surface area contributed by atoms with Crippen LogP contribution in [0.4, 0.5) is 0 Å². The molecule has 2 aromatic rings. The molecule has 0 radical (unpaired) electrons. The first-order valence-corrected chi connectivity index (χ1v) is 5.01. The Bertz CT molecular complexity index is 415. The summed E-state index contributed by atoms with van der Waals surface area (Å²) in [6.07, 6.45) is 3.54. The third-order valence-electron chi connectivity index (χ3n) is 1.97. The fraction of sp³-hybridized carbons (Fsp3) is 0.0909. The summed E-state index contributed by atoms with van der Waals surface area (Å²) in [7, 11) is 0. The molecule has 0 aromatic carbocycles. The summed E-state index contributed by atoms with van der Waals surface area (Å²) >= 11 is 4.26.